The Morgan fingerprint density at radius 2 is 2.31 bits per heavy atom. The van der Waals surface area contributed by atoms with Crippen molar-refractivity contribution in [3.8, 4) is 17.6 Å². The van der Waals surface area contributed by atoms with E-state index in [1.54, 1.807) is 6.20 Å². The molecule has 2 heterocycles. The van der Waals surface area contributed by atoms with Crippen LogP contribution >= 0.6 is 11.6 Å². The van der Waals surface area contributed by atoms with Gasteiger partial charge < -0.3 is 4.98 Å². The summed E-state index contributed by atoms with van der Waals surface area (Å²) in [5.41, 5.74) is 2.03. The summed E-state index contributed by atoms with van der Waals surface area (Å²) in [5.74, 6) is 0.518. The molecule has 1 N–H and O–H groups in total. The van der Waals surface area contributed by atoms with Crippen LogP contribution in [0.15, 0.2) is 18.3 Å². The average molecular weight is 233 g/mol. The maximum absolute atomic E-state index is 8.72. The van der Waals surface area contributed by atoms with Crippen LogP contribution in [0.2, 0.25) is 5.15 Å². The first-order valence-corrected chi connectivity index (χ1v) is 5.23. The highest BCUT2D eigenvalue weighted by molar-refractivity contribution is 6.30. The second kappa shape index (κ2) is 4.33. The van der Waals surface area contributed by atoms with Crippen LogP contribution in [0.25, 0.3) is 11.5 Å². The molecular weight excluding hydrogens is 224 g/mol. The van der Waals surface area contributed by atoms with E-state index < -0.39 is 0 Å². The first kappa shape index (κ1) is 10.7. The van der Waals surface area contributed by atoms with Crippen molar-refractivity contribution in [1.29, 1.82) is 5.26 Å². The first-order chi connectivity index (χ1) is 7.74. The number of pyridine rings is 1. The number of imidazole rings is 1. The molecule has 0 aliphatic rings. The molecular formula is C11H9ClN4. The van der Waals surface area contributed by atoms with Gasteiger partial charge in [0.2, 0.25) is 0 Å². The van der Waals surface area contributed by atoms with Crippen molar-refractivity contribution >= 4 is 11.6 Å². The third-order valence-corrected chi connectivity index (χ3v) is 2.51. The zero-order valence-corrected chi connectivity index (χ0v) is 9.41. The number of rotatable bonds is 2. The summed E-state index contributed by atoms with van der Waals surface area (Å²) in [6.45, 7) is 2.06. The molecule has 0 saturated heterocycles. The maximum atomic E-state index is 8.72. The Bertz CT molecular complexity index is 536. The molecule has 0 aliphatic heterocycles. The van der Waals surface area contributed by atoms with Gasteiger partial charge in [-0.3, -0.25) is 4.98 Å². The first-order valence-electron chi connectivity index (χ1n) is 4.85. The Kier molecular flexibility index (Phi) is 2.88. The number of nitrogens with one attached hydrogen (secondary N) is 1. The second-order valence-electron chi connectivity index (χ2n) is 3.27. The van der Waals surface area contributed by atoms with Crippen LogP contribution in [0.1, 0.15) is 18.2 Å². The number of nitrogens with zero attached hydrogens (tertiary/aromatic N) is 3. The lowest BCUT2D eigenvalue weighted by Crippen LogP contribution is -1.88. The van der Waals surface area contributed by atoms with E-state index in [0.29, 0.717) is 11.5 Å². The molecule has 80 valence electrons. The summed E-state index contributed by atoms with van der Waals surface area (Å²) < 4.78 is 0. The minimum atomic E-state index is 0.193. The molecule has 0 atom stereocenters. The van der Waals surface area contributed by atoms with Crippen LogP contribution in [0.4, 0.5) is 0 Å². The van der Waals surface area contributed by atoms with Gasteiger partial charge in [-0.1, -0.05) is 24.6 Å². The molecule has 2 rings (SSSR count). The van der Waals surface area contributed by atoms with Gasteiger partial charge in [0.05, 0.1) is 0 Å². The standard InChI is InChI=1S/C11H9ClN4/c1-2-7-3-4-8(14-6-7)11-15-9(5-13)10(12)16-11/h3-4,6H,2H2,1H3,(H,15,16). The number of aryl methyl sites for hydroxylation is 1. The van der Waals surface area contributed by atoms with E-state index >= 15 is 0 Å². The summed E-state index contributed by atoms with van der Waals surface area (Å²) in [4.78, 5) is 11.1. The van der Waals surface area contributed by atoms with E-state index in [-0.39, 0.29) is 10.8 Å². The van der Waals surface area contributed by atoms with E-state index in [2.05, 4.69) is 21.9 Å². The number of nitriles is 1. The third kappa shape index (κ3) is 1.90. The predicted octanol–water partition coefficient (Wildman–Crippen LogP) is 2.56. The largest absolute Gasteiger partial charge is 0.327 e. The number of halogens is 1. The highest BCUT2D eigenvalue weighted by Gasteiger charge is 2.09. The van der Waals surface area contributed by atoms with Crippen molar-refractivity contribution in [3.05, 3.63) is 34.7 Å². The van der Waals surface area contributed by atoms with Crippen molar-refractivity contribution in [3.63, 3.8) is 0 Å². The Labute approximate surface area is 97.9 Å². The number of aromatic nitrogens is 3. The molecule has 2 aromatic heterocycles. The van der Waals surface area contributed by atoms with E-state index in [1.165, 1.54) is 0 Å². The van der Waals surface area contributed by atoms with Crippen LogP contribution < -0.4 is 0 Å². The molecule has 0 aromatic carbocycles. The van der Waals surface area contributed by atoms with Crippen molar-refractivity contribution in [2.75, 3.05) is 0 Å². The van der Waals surface area contributed by atoms with Gasteiger partial charge in [-0.25, -0.2) is 4.98 Å². The number of aromatic amines is 1. The van der Waals surface area contributed by atoms with Crippen molar-refractivity contribution in [2.24, 2.45) is 0 Å². The Morgan fingerprint density at radius 3 is 2.81 bits per heavy atom. The molecule has 5 heteroatoms. The summed E-state index contributed by atoms with van der Waals surface area (Å²) in [6, 6.07) is 5.74. The van der Waals surface area contributed by atoms with Crippen LogP contribution in [0, 0.1) is 11.3 Å². The zero-order valence-electron chi connectivity index (χ0n) is 8.66. The Balaban J connectivity index is 2.39. The summed E-state index contributed by atoms with van der Waals surface area (Å²) >= 11 is 5.79. The summed E-state index contributed by atoms with van der Waals surface area (Å²) in [7, 11) is 0. The molecule has 0 fully saturated rings. The lowest BCUT2D eigenvalue weighted by Gasteiger charge is -1.97. The zero-order chi connectivity index (χ0) is 11.5. The minimum Gasteiger partial charge on any atom is -0.327 e. The minimum absolute atomic E-state index is 0.193. The van der Waals surface area contributed by atoms with E-state index in [1.807, 2.05) is 18.2 Å². The normalized spacial score (nSPS) is 10.1. The quantitative estimate of drug-likeness (QED) is 0.866. The van der Waals surface area contributed by atoms with Crippen LogP contribution in [0.3, 0.4) is 0 Å². The second-order valence-corrected chi connectivity index (χ2v) is 3.64. The molecule has 2 aromatic rings. The molecule has 16 heavy (non-hydrogen) atoms. The highest BCUT2D eigenvalue weighted by Crippen LogP contribution is 2.19. The number of hydrogen-bond donors (Lipinski definition) is 1. The van der Waals surface area contributed by atoms with Gasteiger partial charge in [0.25, 0.3) is 0 Å². The van der Waals surface area contributed by atoms with Crippen LogP contribution in [-0.2, 0) is 6.42 Å². The van der Waals surface area contributed by atoms with Gasteiger partial charge >= 0.3 is 0 Å². The molecule has 0 amide bonds. The Hall–Kier alpha value is -1.86. The summed E-state index contributed by atoms with van der Waals surface area (Å²) in [6.07, 6.45) is 2.73. The van der Waals surface area contributed by atoms with Gasteiger partial charge in [-0.15, -0.1) is 0 Å². The van der Waals surface area contributed by atoms with Gasteiger partial charge in [0.15, 0.2) is 11.5 Å². The fraction of sp³-hybridized carbons (Fsp3) is 0.182. The predicted molar refractivity (Wildman–Crippen MR) is 60.9 cm³/mol. The van der Waals surface area contributed by atoms with Gasteiger partial charge in [0.1, 0.15) is 16.9 Å². The van der Waals surface area contributed by atoms with Crippen molar-refractivity contribution in [2.45, 2.75) is 13.3 Å². The van der Waals surface area contributed by atoms with Gasteiger partial charge in [-0.05, 0) is 18.1 Å². The number of H-pyrrole nitrogens is 1. The monoisotopic (exact) mass is 232 g/mol. The molecule has 0 unspecified atom stereocenters. The van der Waals surface area contributed by atoms with Crippen LogP contribution in [-0.4, -0.2) is 15.0 Å². The van der Waals surface area contributed by atoms with E-state index in [4.69, 9.17) is 16.9 Å². The van der Waals surface area contributed by atoms with Crippen LogP contribution in [0.5, 0.6) is 0 Å². The van der Waals surface area contributed by atoms with Crippen molar-refractivity contribution in [1.82, 2.24) is 15.0 Å². The molecule has 4 nitrogen and oxygen atoms in total. The molecule has 0 spiro atoms. The average Bonchev–Trinajstić information content (AvgIpc) is 2.71. The molecule has 0 radical (unpaired) electrons. The molecule has 0 aliphatic carbocycles. The van der Waals surface area contributed by atoms with E-state index in [0.717, 1.165) is 12.0 Å². The fourth-order valence-corrected chi connectivity index (χ4v) is 1.50. The highest BCUT2D eigenvalue weighted by atomic mass is 35.5. The molecule has 0 bridgehead atoms. The van der Waals surface area contributed by atoms with Gasteiger partial charge in [-0.2, -0.15) is 5.26 Å². The third-order valence-electron chi connectivity index (χ3n) is 2.24. The smallest absolute Gasteiger partial charge is 0.178 e. The van der Waals surface area contributed by atoms with Crippen molar-refractivity contribution < 1.29 is 0 Å². The molecule has 0 saturated carbocycles. The maximum Gasteiger partial charge on any atom is 0.178 e. The lowest BCUT2D eigenvalue weighted by molar-refractivity contribution is 1.10. The topological polar surface area (TPSA) is 65.4 Å². The fourth-order valence-electron chi connectivity index (χ4n) is 1.32. The van der Waals surface area contributed by atoms with E-state index in [9.17, 15) is 0 Å². The van der Waals surface area contributed by atoms with Gasteiger partial charge in [0, 0.05) is 6.20 Å². The Morgan fingerprint density at radius 1 is 1.50 bits per heavy atom. The summed E-state index contributed by atoms with van der Waals surface area (Å²) in [5, 5.41) is 8.97. The SMILES string of the molecule is CCc1ccc(-c2nc(C#N)c(Cl)[nH]2)nc1. The number of hydrogen-bond acceptors (Lipinski definition) is 3. The lowest BCUT2D eigenvalue weighted by atomic mass is 10.2.